The lowest BCUT2D eigenvalue weighted by Gasteiger charge is -2.35. The van der Waals surface area contributed by atoms with Crippen LogP contribution in [0.25, 0.3) is 0 Å². The summed E-state index contributed by atoms with van der Waals surface area (Å²) in [6, 6.07) is 9.53. The average molecular weight is 342 g/mol. The van der Waals surface area contributed by atoms with E-state index < -0.39 is 0 Å². The lowest BCUT2D eigenvalue weighted by Crippen LogP contribution is -2.46. The summed E-state index contributed by atoms with van der Waals surface area (Å²) >= 11 is 0. The lowest BCUT2D eigenvalue weighted by molar-refractivity contribution is -0.140. The maximum absolute atomic E-state index is 12.7. The first kappa shape index (κ1) is 17.0. The van der Waals surface area contributed by atoms with Crippen molar-refractivity contribution in [2.75, 3.05) is 20.2 Å². The Kier molecular flexibility index (Phi) is 5.33. The highest BCUT2D eigenvalue weighted by Crippen LogP contribution is 2.33. The predicted octanol–water partition coefficient (Wildman–Crippen LogP) is 2.02. The first-order valence-electron chi connectivity index (χ1n) is 8.39. The van der Waals surface area contributed by atoms with Gasteiger partial charge in [-0.15, -0.1) is 0 Å². The number of aromatic nitrogens is 2. The summed E-state index contributed by atoms with van der Waals surface area (Å²) in [5.41, 5.74) is 2.99. The number of fused-ring (bicyclic) bond motifs is 1. The summed E-state index contributed by atoms with van der Waals surface area (Å²) in [6.45, 7) is 1.04. The molecule has 2 aromatic rings. The van der Waals surface area contributed by atoms with Crippen molar-refractivity contribution in [2.45, 2.75) is 25.3 Å². The fourth-order valence-electron chi connectivity index (χ4n) is 3.10. The maximum Gasteiger partial charge on any atom is 0.318 e. The Bertz CT molecular complexity index is 729. The van der Waals surface area contributed by atoms with Gasteiger partial charge in [-0.1, -0.05) is 30.3 Å². The van der Waals surface area contributed by atoms with Gasteiger partial charge >= 0.3 is 12.0 Å². The lowest BCUT2D eigenvalue weighted by atomic mass is 9.96. The molecule has 0 saturated carbocycles. The van der Waals surface area contributed by atoms with Crippen LogP contribution >= 0.6 is 0 Å². The molecule has 7 nitrogen and oxygen atoms in total. The van der Waals surface area contributed by atoms with Crippen molar-refractivity contribution in [3.63, 3.8) is 0 Å². The number of methoxy groups -OCH3 is 1. The fourth-order valence-corrected chi connectivity index (χ4v) is 3.10. The summed E-state index contributed by atoms with van der Waals surface area (Å²) < 4.78 is 4.60. The molecule has 0 radical (unpaired) electrons. The highest BCUT2D eigenvalue weighted by atomic mass is 16.5. The second-order valence-corrected chi connectivity index (χ2v) is 5.93. The number of carbonyl (C=O) groups is 2. The van der Waals surface area contributed by atoms with Gasteiger partial charge in [-0.2, -0.15) is 0 Å². The number of amides is 2. The molecule has 2 amide bonds. The Morgan fingerprint density at radius 2 is 2.16 bits per heavy atom. The van der Waals surface area contributed by atoms with Gasteiger partial charge < -0.3 is 19.9 Å². The second kappa shape index (κ2) is 7.83. The molecule has 1 aromatic carbocycles. The number of carbonyl (C=O) groups excluding carboxylic acids is 2. The molecule has 0 spiro atoms. The summed E-state index contributed by atoms with van der Waals surface area (Å²) in [4.78, 5) is 33.2. The van der Waals surface area contributed by atoms with E-state index in [1.165, 1.54) is 7.11 Å². The number of esters is 1. The second-order valence-electron chi connectivity index (χ2n) is 5.93. The van der Waals surface area contributed by atoms with Crippen LogP contribution in [0.1, 0.15) is 35.8 Å². The Morgan fingerprint density at radius 3 is 2.92 bits per heavy atom. The van der Waals surface area contributed by atoms with Crippen LogP contribution < -0.4 is 5.32 Å². The number of H-pyrrole nitrogens is 1. The normalized spacial score (nSPS) is 16.2. The van der Waals surface area contributed by atoms with Gasteiger partial charge in [0.1, 0.15) is 6.04 Å². The van der Waals surface area contributed by atoms with Crippen LogP contribution in [-0.4, -0.2) is 47.1 Å². The van der Waals surface area contributed by atoms with E-state index in [4.69, 9.17) is 0 Å². The van der Waals surface area contributed by atoms with Crippen LogP contribution in [0.3, 0.4) is 0 Å². The third-order valence-corrected chi connectivity index (χ3v) is 4.36. The molecule has 1 aliphatic heterocycles. The van der Waals surface area contributed by atoms with E-state index >= 15 is 0 Å². The molecule has 1 aliphatic rings. The summed E-state index contributed by atoms with van der Waals surface area (Å²) in [5, 5.41) is 2.90. The van der Waals surface area contributed by atoms with Crippen molar-refractivity contribution in [3.05, 3.63) is 53.6 Å². The zero-order valence-electron chi connectivity index (χ0n) is 14.2. The SMILES string of the molecule is COC(=O)CCCNC(=O)N1CCc2[nH]cnc2C1c1ccccc1. The van der Waals surface area contributed by atoms with Crippen molar-refractivity contribution in [2.24, 2.45) is 0 Å². The molecule has 1 aromatic heterocycles. The summed E-state index contributed by atoms with van der Waals surface area (Å²) in [6.07, 6.45) is 3.27. The van der Waals surface area contributed by atoms with Gasteiger partial charge in [0.05, 0.1) is 19.1 Å². The van der Waals surface area contributed by atoms with E-state index in [0.717, 1.165) is 23.4 Å². The Labute approximate surface area is 146 Å². The molecule has 0 fully saturated rings. The van der Waals surface area contributed by atoms with Crippen LogP contribution in [0.2, 0.25) is 0 Å². The number of hydrogen-bond acceptors (Lipinski definition) is 4. The molecule has 132 valence electrons. The summed E-state index contributed by atoms with van der Waals surface area (Å²) in [5.74, 6) is -0.268. The van der Waals surface area contributed by atoms with Gasteiger partial charge in [0.25, 0.3) is 0 Å². The third kappa shape index (κ3) is 3.81. The molecule has 2 heterocycles. The van der Waals surface area contributed by atoms with Crippen molar-refractivity contribution in [1.29, 1.82) is 0 Å². The van der Waals surface area contributed by atoms with E-state index in [1.54, 1.807) is 11.2 Å². The van der Waals surface area contributed by atoms with Gasteiger partial charge in [-0.25, -0.2) is 9.78 Å². The minimum Gasteiger partial charge on any atom is -0.469 e. The van der Waals surface area contributed by atoms with E-state index in [1.807, 2.05) is 30.3 Å². The summed E-state index contributed by atoms with van der Waals surface area (Å²) in [7, 11) is 1.36. The molecule has 1 atom stereocenters. The fraction of sp³-hybridized carbons (Fsp3) is 0.389. The molecule has 2 N–H and O–H groups in total. The molecule has 0 bridgehead atoms. The highest BCUT2D eigenvalue weighted by Gasteiger charge is 2.33. The molecular formula is C18H22N4O3. The van der Waals surface area contributed by atoms with Gasteiger partial charge in [0.15, 0.2) is 0 Å². The van der Waals surface area contributed by atoms with Crippen molar-refractivity contribution in [1.82, 2.24) is 20.2 Å². The van der Waals surface area contributed by atoms with Crippen molar-refractivity contribution >= 4 is 12.0 Å². The van der Waals surface area contributed by atoms with Gasteiger partial charge in [0.2, 0.25) is 0 Å². The number of benzene rings is 1. The van der Waals surface area contributed by atoms with Crippen LogP contribution in [-0.2, 0) is 16.0 Å². The molecule has 0 saturated heterocycles. The number of imidazole rings is 1. The van der Waals surface area contributed by atoms with E-state index in [2.05, 4.69) is 20.0 Å². The number of nitrogens with one attached hydrogen (secondary N) is 2. The Morgan fingerprint density at radius 1 is 1.36 bits per heavy atom. The number of ether oxygens (including phenoxy) is 1. The topological polar surface area (TPSA) is 87.3 Å². The number of urea groups is 1. The molecule has 3 rings (SSSR count). The smallest absolute Gasteiger partial charge is 0.318 e. The molecular weight excluding hydrogens is 320 g/mol. The number of hydrogen-bond donors (Lipinski definition) is 2. The van der Waals surface area contributed by atoms with Gasteiger partial charge in [-0.05, 0) is 12.0 Å². The van der Waals surface area contributed by atoms with E-state index in [-0.39, 0.29) is 18.0 Å². The minimum atomic E-state index is -0.268. The predicted molar refractivity (Wildman–Crippen MR) is 91.9 cm³/mol. The molecule has 25 heavy (non-hydrogen) atoms. The van der Waals surface area contributed by atoms with Gasteiger partial charge in [-0.3, -0.25) is 4.79 Å². The first-order valence-corrected chi connectivity index (χ1v) is 8.39. The van der Waals surface area contributed by atoms with Crippen molar-refractivity contribution < 1.29 is 14.3 Å². The quantitative estimate of drug-likeness (QED) is 0.643. The van der Waals surface area contributed by atoms with E-state index in [0.29, 0.717) is 25.9 Å². The van der Waals surface area contributed by atoms with Crippen LogP contribution in [0.15, 0.2) is 36.7 Å². The Hall–Kier alpha value is -2.83. The molecule has 1 unspecified atom stereocenters. The Balaban J connectivity index is 1.71. The van der Waals surface area contributed by atoms with Gasteiger partial charge in [0, 0.05) is 31.6 Å². The van der Waals surface area contributed by atoms with Crippen LogP contribution in [0.4, 0.5) is 4.79 Å². The average Bonchev–Trinajstić information content (AvgIpc) is 3.13. The van der Waals surface area contributed by atoms with Crippen LogP contribution in [0.5, 0.6) is 0 Å². The zero-order valence-corrected chi connectivity index (χ0v) is 14.2. The molecule has 0 aliphatic carbocycles. The molecule has 7 heteroatoms. The standard InChI is InChI=1S/C18H22N4O3/c1-25-15(23)8-5-10-19-18(24)22-11-9-14-16(21-12-20-14)17(22)13-6-3-2-4-7-13/h2-4,6-7,12,17H,5,8-11H2,1H3,(H,19,24)(H,20,21). The third-order valence-electron chi connectivity index (χ3n) is 4.36. The number of nitrogens with zero attached hydrogens (tertiary/aromatic N) is 2. The maximum atomic E-state index is 12.7. The largest absolute Gasteiger partial charge is 0.469 e. The van der Waals surface area contributed by atoms with E-state index in [9.17, 15) is 9.59 Å². The van der Waals surface area contributed by atoms with Crippen molar-refractivity contribution in [3.8, 4) is 0 Å². The minimum absolute atomic E-state index is 0.146. The number of aromatic amines is 1. The number of rotatable bonds is 5. The zero-order chi connectivity index (χ0) is 17.6. The monoisotopic (exact) mass is 342 g/mol. The highest BCUT2D eigenvalue weighted by molar-refractivity contribution is 5.76. The van der Waals surface area contributed by atoms with Crippen LogP contribution in [0, 0.1) is 0 Å². The first-order chi connectivity index (χ1) is 12.2.